The van der Waals surface area contributed by atoms with Crippen LogP contribution in [0.4, 0.5) is 0 Å². The molecule has 2 rings (SSSR count). The molecule has 1 heterocycles. The van der Waals surface area contributed by atoms with Crippen LogP contribution in [-0.2, 0) is 14.3 Å². The molecule has 0 saturated carbocycles. The highest BCUT2D eigenvalue weighted by atomic mass is 16.5. The van der Waals surface area contributed by atoms with Gasteiger partial charge in [0.05, 0.1) is 11.6 Å². The van der Waals surface area contributed by atoms with Gasteiger partial charge in [-0.3, -0.25) is 9.59 Å². The molecule has 1 aromatic carbocycles. The van der Waals surface area contributed by atoms with Gasteiger partial charge in [-0.1, -0.05) is 44.2 Å². The lowest BCUT2D eigenvalue weighted by Gasteiger charge is -2.27. The molecule has 0 bridgehead atoms. The highest BCUT2D eigenvalue weighted by molar-refractivity contribution is 6.09. The molecule has 5 nitrogen and oxygen atoms in total. The summed E-state index contributed by atoms with van der Waals surface area (Å²) in [6.45, 7) is 4.47. The zero-order valence-electron chi connectivity index (χ0n) is 13.8. The van der Waals surface area contributed by atoms with Crippen LogP contribution in [0.2, 0.25) is 0 Å². The number of Topliss-reactive ketones (excluding diaryl/α,β-unsaturated/α-hetero) is 1. The summed E-state index contributed by atoms with van der Waals surface area (Å²) < 4.78 is 5.04. The lowest BCUT2D eigenvalue weighted by Crippen LogP contribution is -2.33. The Labute approximate surface area is 136 Å². The zero-order valence-corrected chi connectivity index (χ0v) is 13.8. The average molecular weight is 317 g/mol. The lowest BCUT2D eigenvalue weighted by molar-refractivity contribution is -0.129. The number of aliphatic hydroxyl groups is 1. The molecule has 1 unspecified atom stereocenters. The molecule has 1 aliphatic heterocycles. The number of aliphatic hydroxyl groups excluding tert-OH is 1. The fraction of sp³-hybridized carbons (Fsp3) is 0.444. The number of methoxy groups -OCH3 is 1. The Morgan fingerprint density at radius 1 is 1.30 bits per heavy atom. The zero-order chi connectivity index (χ0) is 17.0. The summed E-state index contributed by atoms with van der Waals surface area (Å²) in [5.74, 6) is -1.39. The van der Waals surface area contributed by atoms with E-state index in [9.17, 15) is 14.7 Å². The maximum Gasteiger partial charge on any atom is 0.290 e. The number of nitrogens with zero attached hydrogens (tertiary/aromatic N) is 1. The number of carbonyl (C=O) groups is 2. The maximum absolute atomic E-state index is 12.5. The third-order valence-corrected chi connectivity index (χ3v) is 3.96. The van der Waals surface area contributed by atoms with E-state index in [1.165, 1.54) is 0 Å². The summed E-state index contributed by atoms with van der Waals surface area (Å²) in [7, 11) is 1.60. The quantitative estimate of drug-likeness (QED) is 0.785. The van der Waals surface area contributed by atoms with Crippen LogP contribution in [0.15, 0.2) is 41.7 Å². The van der Waals surface area contributed by atoms with Crippen molar-refractivity contribution in [2.45, 2.75) is 26.3 Å². The second-order valence-corrected chi connectivity index (χ2v) is 5.94. The summed E-state index contributed by atoms with van der Waals surface area (Å²) in [6, 6.07) is 8.81. The molecule has 1 amide bonds. The van der Waals surface area contributed by atoms with Crippen molar-refractivity contribution in [3.8, 4) is 0 Å². The Kier molecular flexibility index (Phi) is 5.55. The largest absolute Gasteiger partial charge is 0.503 e. The van der Waals surface area contributed by atoms with Gasteiger partial charge >= 0.3 is 0 Å². The summed E-state index contributed by atoms with van der Waals surface area (Å²) >= 11 is 0. The SMILES string of the molecule is COCCCN1C(=O)C(O)=C(C(=O)C(C)C)C1c1ccccc1. The Hall–Kier alpha value is -2.14. The van der Waals surface area contributed by atoms with Gasteiger partial charge in [-0.2, -0.15) is 0 Å². The van der Waals surface area contributed by atoms with Gasteiger partial charge in [-0.05, 0) is 12.0 Å². The third-order valence-electron chi connectivity index (χ3n) is 3.96. The van der Waals surface area contributed by atoms with E-state index in [-0.39, 0.29) is 17.3 Å². The molecule has 1 atom stereocenters. The predicted molar refractivity (Wildman–Crippen MR) is 86.9 cm³/mol. The first-order valence-corrected chi connectivity index (χ1v) is 7.81. The Morgan fingerprint density at radius 2 is 1.96 bits per heavy atom. The standard InChI is InChI=1S/C18H23NO4/c1-12(2)16(20)14-15(13-8-5-4-6-9-13)19(10-7-11-23-3)18(22)17(14)21/h4-6,8-9,12,15,21H,7,10-11H2,1-3H3. The fourth-order valence-corrected chi connectivity index (χ4v) is 2.81. The summed E-state index contributed by atoms with van der Waals surface area (Å²) in [5, 5.41) is 10.3. The van der Waals surface area contributed by atoms with Gasteiger partial charge in [0.2, 0.25) is 0 Å². The molecular formula is C18H23NO4. The number of rotatable bonds is 7. The van der Waals surface area contributed by atoms with Crippen LogP contribution >= 0.6 is 0 Å². The van der Waals surface area contributed by atoms with Crippen LogP contribution in [0.25, 0.3) is 0 Å². The van der Waals surface area contributed by atoms with Crippen LogP contribution in [0.1, 0.15) is 31.9 Å². The summed E-state index contributed by atoms with van der Waals surface area (Å²) in [6.07, 6.45) is 0.641. The van der Waals surface area contributed by atoms with Crippen molar-refractivity contribution in [2.24, 2.45) is 5.92 Å². The Morgan fingerprint density at radius 3 is 2.52 bits per heavy atom. The van der Waals surface area contributed by atoms with E-state index < -0.39 is 17.7 Å². The van der Waals surface area contributed by atoms with E-state index in [1.54, 1.807) is 25.9 Å². The van der Waals surface area contributed by atoms with Crippen LogP contribution in [0.3, 0.4) is 0 Å². The topological polar surface area (TPSA) is 66.8 Å². The fourth-order valence-electron chi connectivity index (χ4n) is 2.81. The molecule has 124 valence electrons. The third kappa shape index (κ3) is 3.45. The molecular weight excluding hydrogens is 294 g/mol. The second-order valence-electron chi connectivity index (χ2n) is 5.94. The number of benzene rings is 1. The molecule has 0 saturated heterocycles. The molecule has 0 radical (unpaired) electrons. The second kappa shape index (κ2) is 7.42. The van der Waals surface area contributed by atoms with Gasteiger partial charge < -0.3 is 14.7 Å². The van der Waals surface area contributed by atoms with E-state index >= 15 is 0 Å². The summed E-state index contributed by atoms with van der Waals surface area (Å²) in [4.78, 5) is 26.5. The van der Waals surface area contributed by atoms with E-state index in [4.69, 9.17) is 4.74 Å². The van der Waals surface area contributed by atoms with E-state index in [0.717, 1.165) is 5.56 Å². The normalized spacial score (nSPS) is 18.2. The van der Waals surface area contributed by atoms with E-state index in [1.807, 2.05) is 30.3 Å². The van der Waals surface area contributed by atoms with Crippen molar-refractivity contribution in [1.82, 2.24) is 4.90 Å². The van der Waals surface area contributed by atoms with Gasteiger partial charge in [0.15, 0.2) is 11.5 Å². The van der Waals surface area contributed by atoms with Gasteiger partial charge in [0.25, 0.3) is 5.91 Å². The van der Waals surface area contributed by atoms with Crippen LogP contribution < -0.4 is 0 Å². The maximum atomic E-state index is 12.5. The molecule has 23 heavy (non-hydrogen) atoms. The smallest absolute Gasteiger partial charge is 0.290 e. The molecule has 0 aromatic heterocycles. The number of carbonyl (C=O) groups excluding carboxylic acids is 2. The first-order chi connectivity index (χ1) is 11.0. The molecule has 1 aliphatic rings. The molecule has 1 N–H and O–H groups in total. The molecule has 0 spiro atoms. The summed E-state index contributed by atoms with van der Waals surface area (Å²) in [5.41, 5.74) is 1.03. The van der Waals surface area contributed by atoms with Crippen molar-refractivity contribution in [1.29, 1.82) is 0 Å². The van der Waals surface area contributed by atoms with Crippen molar-refractivity contribution in [2.75, 3.05) is 20.3 Å². The minimum absolute atomic E-state index is 0.195. The first kappa shape index (κ1) is 17.2. The van der Waals surface area contributed by atoms with Gasteiger partial charge in [0.1, 0.15) is 0 Å². The Balaban J connectivity index is 2.42. The van der Waals surface area contributed by atoms with Crippen LogP contribution in [0, 0.1) is 5.92 Å². The monoisotopic (exact) mass is 317 g/mol. The molecule has 0 fully saturated rings. The minimum Gasteiger partial charge on any atom is -0.503 e. The van der Waals surface area contributed by atoms with E-state index in [2.05, 4.69) is 0 Å². The van der Waals surface area contributed by atoms with Crippen molar-refractivity contribution in [3.63, 3.8) is 0 Å². The van der Waals surface area contributed by atoms with E-state index in [0.29, 0.717) is 19.6 Å². The minimum atomic E-state index is -0.532. The number of amides is 1. The van der Waals surface area contributed by atoms with Crippen molar-refractivity contribution >= 4 is 11.7 Å². The number of ketones is 1. The van der Waals surface area contributed by atoms with Gasteiger partial charge in [-0.15, -0.1) is 0 Å². The van der Waals surface area contributed by atoms with Crippen LogP contribution in [0.5, 0.6) is 0 Å². The molecule has 5 heteroatoms. The average Bonchev–Trinajstić information content (AvgIpc) is 2.80. The number of ether oxygens (including phenoxy) is 1. The number of hydrogen-bond acceptors (Lipinski definition) is 4. The van der Waals surface area contributed by atoms with Crippen molar-refractivity contribution in [3.05, 3.63) is 47.2 Å². The highest BCUT2D eigenvalue weighted by Crippen LogP contribution is 2.38. The number of hydrogen-bond donors (Lipinski definition) is 1. The molecule has 0 aliphatic carbocycles. The highest BCUT2D eigenvalue weighted by Gasteiger charge is 2.43. The van der Waals surface area contributed by atoms with Crippen molar-refractivity contribution < 1.29 is 19.4 Å². The van der Waals surface area contributed by atoms with Gasteiger partial charge in [0, 0.05) is 26.2 Å². The lowest BCUT2D eigenvalue weighted by atomic mass is 9.91. The molecule has 1 aromatic rings. The Bertz CT molecular complexity index is 607. The van der Waals surface area contributed by atoms with Crippen LogP contribution in [-0.4, -0.2) is 42.0 Å². The first-order valence-electron chi connectivity index (χ1n) is 7.81. The predicted octanol–water partition coefficient (Wildman–Crippen LogP) is 2.64. The van der Waals surface area contributed by atoms with Gasteiger partial charge in [-0.25, -0.2) is 0 Å².